The molecule has 26 heavy (non-hydrogen) atoms. The maximum atomic E-state index is 11.5. The van der Waals surface area contributed by atoms with Gasteiger partial charge in [0.15, 0.2) is 11.5 Å². The summed E-state index contributed by atoms with van der Waals surface area (Å²) in [5, 5.41) is 19.8. The first-order valence-electron chi connectivity index (χ1n) is 8.93. The van der Waals surface area contributed by atoms with Crippen molar-refractivity contribution in [2.45, 2.75) is 38.4 Å². The number of methoxy groups -OCH3 is 1. The number of benzene rings is 1. The Morgan fingerprint density at radius 1 is 1.42 bits per heavy atom. The number of likely N-dealkylation sites (tertiary alicyclic amines) is 1. The third-order valence-corrected chi connectivity index (χ3v) is 5.73. The molecule has 2 aliphatic heterocycles. The van der Waals surface area contributed by atoms with Crippen molar-refractivity contribution >= 4 is 6.09 Å². The first kappa shape index (κ1) is 18.8. The molecule has 0 saturated carbocycles. The Bertz CT molecular complexity index is 657. The highest BCUT2D eigenvalue weighted by Gasteiger charge is 2.48. The van der Waals surface area contributed by atoms with Gasteiger partial charge in [-0.05, 0) is 24.6 Å². The van der Waals surface area contributed by atoms with Crippen LogP contribution in [-0.4, -0.2) is 66.8 Å². The molecular formula is C19H27NO6. The van der Waals surface area contributed by atoms with Crippen molar-refractivity contribution in [2.24, 2.45) is 5.41 Å². The molecule has 2 heterocycles. The summed E-state index contributed by atoms with van der Waals surface area (Å²) < 4.78 is 16.8. The summed E-state index contributed by atoms with van der Waals surface area (Å²) in [6.45, 7) is 5.52. The van der Waals surface area contributed by atoms with Crippen LogP contribution in [-0.2, 0) is 4.74 Å². The molecule has 0 radical (unpaired) electrons. The maximum Gasteiger partial charge on any atom is 0.407 e. The van der Waals surface area contributed by atoms with Gasteiger partial charge in [-0.1, -0.05) is 13.0 Å². The van der Waals surface area contributed by atoms with Crippen LogP contribution in [0.3, 0.4) is 0 Å². The fourth-order valence-electron chi connectivity index (χ4n) is 3.86. The number of aliphatic hydroxyl groups excluding tert-OH is 1. The van der Waals surface area contributed by atoms with Gasteiger partial charge < -0.3 is 29.3 Å². The zero-order valence-electron chi connectivity index (χ0n) is 15.5. The number of nitrogens with zero attached hydrogens (tertiary/aromatic N) is 1. The number of hydrogen-bond acceptors (Lipinski definition) is 5. The number of aliphatic hydroxyl groups is 1. The second-order valence-corrected chi connectivity index (χ2v) is 7.41. The van der Waals surface area contributed by atoms with Crippen LogP contribution in [0.1, 0.15) is 31.7 Å². The van der Waals surface area contributed by atoms with Gasteiger partial charge in [0.1, 0.15) is 6.10 Å². The van der Waals surface area contributed by atoms with Crippen molar-refractivity contribution in [2.75, 3.05) is 33.4 Å². The highest BCUT2D eigenvalue weighted by Crippen LogP contribution is 2.47. The molecule has 7 heteroatoms. The summed E-state index contributed by atoms with van der Waals surface area (Å²) in [6, 6.07) is 5.67. The van der Waals surface area contributed by atoms with E-state index in [9.17, 15) is 15.0 Å². The highest BCUT2D eigenvalue weighted by atomic mass is 16.6. The van der Waals surface area contributed by atoms with Gasteiger partial charge in [-0.3, -0.25) is 0 Å². The van der Waals surface area contributed by atoms with E-state index in [-0.39, 0.29) is 12.0 Å². The molecule has 4 atom stereocenters. The summed E-state index contributed by atoms with van der Waals surface area (Å²) in [5.74, 6) is 1.13. The number of ether oxygens (including phenoxy) is 3. The molecular weight excluding hydrogens is 338 g/mol. The van der Waals surface area contributed by atoms with Crippen LogP contribution in [0.5, 0.6) is 11.5 Å². The second kappa shape index (κ2) is 7.32. The predicted octanol–water partition coefficient (Wildman–Crippen LogP) is 2.33. The molecule has 1 aromatic rings. The minimum Gasteiger partial charge on any atom is -0.493 e. The molecule has 144 valence electrons. The molecule has 1 aromatic carbocycles. The van der Waals surface area contributed by atoms with Gasteiger partial charge in [-0.25, -0.2) is 4.79 Å². The monoisotopic (exact) mass is 365 g/mol. The Kier molecular flexibility index (Phi) is 5.29. The van der Waals surface area contributed by atoms with Gasteiger partial charge >= 0.3 is 6.09 Å². The smallest absolute Gasteiger partial charge is 0.407 e. The molecule has 3 rings (SSSR count). The SMILES string of the molecule is COc1ccc(C2CN(C(=O)O)C[C@]2(C)[C@@H](C)O)cc1O[C@H]1CCOC1. The van der Waals surface area contributed by atoms with Crippen molar-refractivity contribution in [3.63, 3.8) is 0 Å². The Balaban J connectivity index is 1.92. The van der Waals surface area contributed by atoms with Crippen LogP contribution in [0.2, 0.25) is 0 Å². The molecule has 1 unspecified atom stereocenters. The summed E-state index contributed by atoms with van der Waals surface area (Å²) in [5.41, 5.74) is 0.368. The lowest BCUT2D eigenvalue weighted by molar-refractivity contribution is 0.0480. The summed E-state index contributed by atoms with van der Waals surface area (Å²) >= 11 is 0. The molecule has 2 fully saturated rings. The van der Waals surface area contributed by atoms with E-state index in [4.69, 9.17) is 14.2 Å². The van der Waals surface area contributed by atoms with E-state index in [0.717, 1.165) is 12.0 Å². The molecule has 2 saturated heterocycles. The number of rotatable bonds is 5. The summed E-state index contributed by atoms with van der Waals surface area (Å²) in [6.07, 6.45) is -0.796. The zero-order valence-corrected chi connectivity index (χ0v) is 15.5. The van der Waals surface area contributed by atoms with E-state index in [0.29, 0.717) is 37.8 Å². The lowest BCUT2D eigenvalue weighted by Gasteiger charge is -2.33. The van der Waals surface area contributed by atoms with Crippen molar-refractivity contribution in [3.8, 4) is 11.5 Å². The number of amides is 1. The summed E-state index contributed by atoms with van der Waals surface area (Å²) in [4.78, 5) is 12.8. The normalized spacial score (nSPS) is 29.6. The molecule has 1 amide bonds. The van der Waals surface area contributed by atoms with Gasteiger partial charge in [0.2, 0.25) is 0 Å². The number of carboxylic acid groups (broad SMARTS) is 1. The van der Waals surface area contributed by atoms with Crippen LogP contribution in [0.4, 0.5) is 4.79 Å². The van der Waals surface area contributed by atoms with Crippen molar-refractivity contribution in [1.29, 1.82) is 0 Å². The minimum absolute atomic E-state index is 0.0126. The minimum atomic E-state index is -0.965. The van der Waals surface area contributed by atoms with Gasteiger partial charge in [0.05, 0.1) is 26.4 Å². The van der Waals surface area contributed by atoms with E-state index in [1.54, 1.807) is 14.0 Å². The van der Waals surface area contributed by atoms with E-state index < -0.39 is 17.6 Å². The zero-order chi connectivity index (χ0) is 18.9. The first-order chi connectivity index (χ1) is 12.3. The van der Waals surface area contributed by atoms with Crippen LogP contribution in [0.25, 0.3) is 0 Å². The molecule has 0 bridgehead atoms. The fraction of sp³-hybridized carbons (Fsp3) is 0.632. The van der Waals surface area contributed by atoms with E-state index in [2.05, 4.69) is 0 Å². The van der Waals surface area contributed by atoms with Gasteiger partial charge in [0, 0.05) is 30.8 Å². The molecule has 2 N–H and O–H groups in total. The quantitative estimate of drug-likeness (QED) is 0.833. The third-order valence-electron chi connectivity index (χ3n) is 5.73. The topological polar surface area (TPSA) is 88.5 Å². The number of carbonyl (C=O) groups is 1. The standard InChI is InChI=1S/C19H27NO6/c1-12(21)19(2)11-20(18(22)23)9-15(19)13-4-5-16(24-3)17(8-13)26-14-6-7-25-10-14/h4-5,8,12,14-15,21H,6-7,9-11H2,1-3H3,(H,22,23)/t12-,14+,15?,19-/m1/s1. The Hall–Kier alpha value is -1.99. The average molecular weight is 365 g/mol. The van der Waals surface area contributed by atoms with E-state index >= 15 is 0 Å². The van der Waals surface area contributed by atoms with Crippen molar-refractivity contribution in [1.82, 2.24) is 4.90 Å². The van der Waals surface area contributed by atoms with Gasteiger partial charge in [-0.15, -0.1) is 0 Å². The lowest BCUT2D eigenvalue weighted by atomic mass is 9.72. The fourth-order valence-corrected chi connectivity index (χ4v) is 3.86. The molecule has 0 aromatic heterocycles. The molecule has 2 aliphatic rings. The summed E-state index contributed by atoms with van der Waals surface area (Å²) in [7, 11) is 1.59. The second-order valence-electron chi connectivity index (χ2n) is 7.41. The van der Waals surface area contributed by atoms with Crippen LogP contribution in [0.15, 0.2) is 18.2 Å². The predicted molar refractivity (Wildman–Crippen MR) is 95.0 cm³/mol. The maximum absolute atomic E-state index is 11.5. The Labute approximate surface area is 153 Å². The highest BCUT2D eigenvalue weighted by molar-refractivity contribution is 5.66. The van der Waals surface area contributed by atoms with Crippen LogP contribution < -0.4 is 9.47 Å². The van der Waals surface area contributed by atoms with Crippen LogP contribution >= 0.6 is 0 Å². The first-order valence-corrected chi connectivity index (χ1v) is 8.93. The largest absolute Gasteiger partial charge is 0.493 e. The third kappa shape index (κ3) is 3.46. The van der Waals surface area contributed by atoms with Gasteiger partial charge in [-0.2, -0.15) is 0 Å². The molecule has 0 spiro atoms. The van der Waals surface area contributed by atoms with Crippen molar-refractivity contribution in [3.05, 3.63) is 23.8 Å². The van der Waals surface area contributed by atoms with Gasteiger partial charge in [0.25, 0.3) is 0 Å². The molecule has 7 nitrogen and oxygen atoms in total. The van der Waals surface area contributed by atoms with E-state index in [1.807, 2.05) is 25.1 Å². The Morgan fingerprint density at radius 3 is 2.77 bits per heavy atom. The van der Waals surface area contributed by atoms with Crippen molar-refractivity contribution < 1.29 is 29.2 Å². The lowest BCUT2D eigenvalue weighted by Crippen LogP contribution is -2.37. The average Bonchev–Trinajstić information content (AvgIpc) is 3.23. The molecule has 0 aliphatic carbocycles. The number of hydrogen-bond donors (Lipinski definition) is 2. The Morgan fingerprint density at radius 2 is 2.19 bits per heavy atom. The van der Waals surface area contributed by atoms with E-state index in [1.165, 1.54) is 4.90 Å². The van der Waals surface area contributed by atoms with Crippen LogP contribution in [0, 0.1) is 5.41 Å².